The average Bonchev–Trinajstić information content (AvgIpc) is 2.65. The zero-order valence-electron chi connectivity index (χ0n) is 15.7. The van der Waals surface area contributed by atoms with Crippen molar-refractivity contribution in [1.29, 1.82) is 0 Å². The molecular weight excluding hydrogens is 358 g/mol. The number of carbonyl (C=O) groups excluding carboxylic acids is 1. The zero-order chi connectivity index (χ0) is 20.3. The van der Waals surface area contributed by atoms with E-state index in [2.05, 4.69) is 23.7 Å². The molecule has 3 N–H and O–H groups in total. The van der Waals surface area contributed by atoms with Gasteiger partial charge in [0.1, 0.15) is 0 Å². The third kappa shape index (κ3) is 3.88. The molecule has 0 atom stereocenters. The van der Waals surface area contributed by atoms with Gasteiger partial charge in [-0.3, -0.25) is 19.6 Å². The number of H-pyrrole nitrogens is 2. The lowest BCUT2D eigenvalue weighted by atomic mass is 10.0. The van der Waals surface area contributed by atoms with Gasteiger partial charge in [-0.05, 0) is 54.6 Å². The van der Waals surface area contributed by atoms with Gasteiger partial charge in [-0.15, -0.1) is 0 Å². The lowest BCUT2D eigenvalue weighted by Gasteiger charge is -2.21. The van der Waals surface area contributed by atoms with Gasteiger partial charge in [0.2, 0.25) is 5.88 Å². The van der Waals surface area contributed by atoms with Crippen molar-refractivity contribution in [3.05, 3.63) is 72.8 Å². The van der Waals surface area contributed by atoms with Crippen LogP contribution in [0.4, 0.5) is 5.69 Å². The van der Waals surface area contributed by atoms with Crippen molar-refractivity contribution in [2.45, 2.75) is 13.8 Å². The minimum Gasteiger partial charge on any atom is -0.494 e. The summed E-state index contributed by atoms with van der Waals surface area (Å²) in [6.45, 7) is 5.96. The van der Waals surface area contributed by atoms with Gasteiger partial charge in [-0.1, -0.05) is 18.2 Å². The monoisotopic (exact) mass is 379 g/mol. The van der Waals surface area contributed by atoms with Crippen molar-refractivity contribution in [1.82, 2.24) is 9.97 Å². The van der Waals surface area contributed by atoms with Gasteiger partial charge in [0, 0.05) is 24.4 Å². The number of fused-ring (bicyclic) bond motifs is 1. The molecule has 0 radical (unpaired) electrons. The summed E-state index contributed by atoms with van der Waals surface area (Å²) in [4.78, 5) is 41.5. The molecule has 0 spiro atoms. The number of hydrogen-bond donors (Lipinski definition) is 3. The molecule has 7 heteroatoms. The fourth-order valence-electron chi connectivity index (χ4n) is 3.08. The number of anilines is 1. The second kappa shape index (κ2) is 7.96. The molecular formula is C21H21N3O4. The van der Waals surface area contributed by atoms with Crippen LogP contribution in [-0.4, -0.2) is 33.9 Å². The Morgan fingerprint density at radius 1 is 1.04 bits per heavy atom. The van der Waals surface area contributed by atoms with Crippen LogP contribution < -0.4 is 26.6 Å². The summed E-state index contributed by atoms with van der Waals surface area (Å²) < 4.78 is 0. The summed E-state index contributed by atoms with van der Waals surface area (Å²) in [5.74, 6) is -0.671. The highest BCUT2D eigenvalue weighted by Gasteiger charge is 2.10. The fourth-order valence-corrected chi connectivity index (χ4v) is 3.08. The van der Waals surface area contributed by atoms with Crippen LogP contribution in [0.2, 0.25) is 0 Å². The Bertz CT molecular complexity index is 1210. The van der Waals surface area contributed by atoms with Crippen molar-refractivity contribution >= 4 is 29.7 Å². The van der Waals surface area contributed by atoms with Gasteiger partial charge in [-0.25, -0.2) is 4.79 Å². The van der Waals surface area contributed by atoms with Crippen LogP contribution in [-0.2, 0) is 4.79 Å². The van der Waals surface area contributed by atoms with Crippen molar-refractivity contribution < 1.29 is 9.90 Å². The number of aromatic amines is 2. The Kier molecular flexibility index (Phi) is 5.44. The Labute approximate surface area is 160 Å². The first-order valence-electron chi connectivity index (χ1n) is 8.99. The SMILES string of the molecule is CCN(CC)c1ccc2c(c1)=C/C(=C/C=C/c1c(O)[nH]c(=O)[nH]c1=O)C(=O)C=2. The number of rotatable bonds is 5. The smallest absolute Gasteiger partial charge is 0.328 e. The van der Waals surface area contributed by atoms with Crippen molar-refractivity contribution in [2.24, 2.45) is 0 Å². The van der Waals surface area contributed by atoms with Crippen LogP contribution >= 0.6 is 0 Å². The van der Waals surface area contributed by atoms with E-state index >= 15 is 0 Å². The third-order valence-corrected chi connectivity index (χ3v) is 4.58. The van der Waals surface area contributed by atoms with Crippen LogP contribution in [0.15, 0.2) is 45.5 Å². The quantitative estimate of drug-likeness (QED) is 0.652. The van der Waals surface area contributed by atoms with Gasteiger partial charge < -0.3 is 10.0 Å². The van der Waals surface area contributed by atoms with Gasteiger partial charge in [0.15, 0.2) is 5.78 Å². The first kappa shape index (κ1) is 19.2. The minimum absolute atomic E-state index is 0.0899. The minimum atomic E-state index is -0.788. The molecule has 7 nitrogen and oxygen atoms in total. The second-order valence-electron chi connectivity index (χ2n) is 6.29. The van der Waals surface area contributed by atoms with E-state index in [4.69, 9.17) is 0 Å². The molecule has 1 aromatic carbocycles. The number of aromatic hydroxyl groups is 1. The molecule has 0 saturated carbocycles. The van der Waals surface area contributed by atoms with Crippen molar-refractivity contribution in [3.8, 4) is 5.88 Å². The second-order valence-corrected chi connectivity index (χ2v) is 6.29. The van der Waals surface area contributed by atoms with E-state index in [1.165, 1.54) is 12.2 Å². The standard InChI is InChI=1S/C21H21N3O4/c1-3-24(4-2)16-9-8-13-12-18(25)14(10-15(13)11-16)6-5-7-17-19(26)22-21(28)23-20(17)27/h5-12H,3-4H2,1-2H3,(H3,22,23,26,27,28)/b7-5+,14-6-. The molecule has 0 fully saturated rings. The van der Waals surface area contributed by atoms with Gasteiger partial charge >= 0.3 is 5.69 Å². The molecule has 0 saturated heterocycles. The van der Waals surface area contributed by atoms with Gasteiger partial charge in [0.05, 0.1) is 5.56 Å². The molecule has 2 aromatic rings. The number of hydrogen-bond acceptors (Lipinski definition) is 5. The van der Waals surface area contributed by atoms with Gasteiger partial charge in [0.25, 0.3) is 5.56 Å². The maximum Gasteiger partial charge on any atom is 0.328 e. The highest BCUT2D eigenvalue weighted by atomic mass is 16.3. The summed E-state index contributed by atoms with van der Waals surface area (Å²) in [6.07, 6.45) is 7.76. The molecule has 1 heterocycles. The summed E-state index contributed by atoms with van der Waals surface area (Å²) in [5, 5.41) is 11.5. The van der Waals surface area contributed by atoms with E-state index in [1.807, 2.05) is 23.2 Å². The molecule has 144 valence electrons. The van der Waals surface area contributed by atoms with Crippen LogP contribution in [0.3, 0.4) is 0 Å². The maximum atomic E-state index is 12.3. The molecule has 0 amide bonds. The lowest BCUT2D eigenvalue weighted by Crippen LogP contribution is -2.32. The molecule has 1 aliphatic carbocycles. The van der Waals surface area contributed by atoms with E-state index in [0.717, 1.165) is 29.2 Å². The number of benzene rings is 1. The number of nitrogens with zero attached hydrogens (tertiary/aromatic N) is 1. The predicted molar refractivity (Wildman–Crippen MR) is 110 cm³/mol. The number of aromatic nitrogens is 2. The average molecular weight is 379 g/mol. The number of ketones is 1. The molecule has 0 unspecified atom stereocenters. The van der Waals surface area contributed by atoms with E-state index in [9.17, 15) is 19.5 Å². The lowest BCUT2D eigenvalue weighted by molar-refractivity contribution is -0.109. The molecule has 3 rings (SSSR count). The highest BCUT2D eigenvalue weighted by Crippen LogP contribution is 2.12. The van der Waals surface area contributed by atoms with Crippen LogP contribution in [0.25, 0.3) is 18.2 Å². The molecule has 28 heavy (non-hydrogen) atoms. The van der Waals surface area contributed by atoms with E-state index in [-0.39, 0.29) is 11.3 Å². The largest absolute Gasteiger partial charge is 0.494 e. The fraction of sp³-hybridized carbons (Fsp3) is 0.190. The van der Waals surface area contributed by atoms with Gasteiger partial charge in [-0.2, -0.15) is 0 Å². The molecule has 0 aliphatic heterocycles. The van der Waals surface area contributed by atoms with Crippen LogP contribution in [0.1, 0.15) is 19.4 Å². The number of carbonyl (C=O) groups is 1. The van der Waals surface area contributed by atoms with E-state index in [1.54, 1.807) is 18.2 Å². The van der Waals surface area contributed by atoms with E-state index in [0.29, 0.717) is 5.57 Å². The predicted octanol–water partition coefficient (Wildman–Crippen LogP) is 0.398. The highest BCUT2D eigenvalue weighted by molar-refractivity contribution is 6.22. The van der Waals surface area contributed by atoms with Crippen molar-refractivity contribution in [3.63, 3.8) is 0 Å². The Hall–Kier alpha value is -3.61. The first-order valence-corrected chi connectivity index (χ1v) is 8.99. The maximum absolute atomic E-state index is 12.3. The first-order chi connectivity index (χ1) is 13.4. The Morgan fingerprint density at radius 3 is 2.46 bits per heavy atom. The number of nitrogens with one attached hydrogen (secondary N) is 2. The molecule has 1 aromatic heterocycles. The summed E-state index contributed by atoms with van der Waals surface area (Å²) in [6, 6.07) is 5.98. The zero-order valence-corrected chi connectivity index (χ0v) is 15.7. The number of allylic oxidation sites excluding steroid dienone is 3. The Morgan fingerprint density at radius 2 is 1.79 bits per heavy atom. The van der Waals surface area contributed by atoms with E-state index < -0.39 is 17.1 Å². The Balaban J connectivity index is 1.98. The van der Waals surface area contributed by atoms with Crippen LogP contribution in [0, 0.1) is 0 Å². The van der Waals surface area contributed by atoms with Crippen LogP contribution in [0.5, 0.6) is 5.88 Å². The summed E-state index contributed by atoms with van der Waals surface area (Å²) in [5.41, 5.74) is -0.0457. The van der Waals surface area contributed by atoms with Crippen molar-refractivity contribution in [2.75, 3.05) is 18.0 Å². The topological polar surface area (TPSA) is 106 Å². The summed E-state index contributed by atoms with van der Waals surface area (Å²) >= 11 is 0. The number of Topliss-reactive ketones (excluding diaryl/α,β-unsaturated/α-hetero) is 1. The summed E-state index contributed by atoms with van der Waals surface area (Å²) in [7, 11) is 0. The normalized spacial score (nSPS) is 14.6. The molecule has 1 aliphatic rings. The third-order valence-electron chi connectivity index (χ3n) is 4.58. The molecule has 0 bridgehead atoms.